The largest absolute Gasteiger partial charge is 0.380 e. The Hall–Kier alpha value is -0.170. The summed E-state index contributed by atoms with van der Waals surface area (Å²) in [5, 5.41) is 0. The quantitative estimate of drug-likeness (QED) is 0.808. The topological polar surface area (TPSA) is 64.6 Å². The highest BCUT2D eigenvalue weighted by Gasteiger charge is 2.55. The zero-order chi connectivity index (χ0) is 15.0. The standard InChI is InChI=1S/C14H27NO4S/c1-10-12(14(2,3)13(10)18-4)15-20(16,17)9-7-11-6-5-8-19-11/h10-13,15H,5-9H2,1-4H3/t10-,11-,12-,13-/m1/s1. The van der Waals surface area contributed by atoms with Gasteiger partial charge in [0, 0.05) is 25.2 Å². The van der Waals surface area contributed by atoms with Gasteiger partial charge in [-0.2, -0.15) is 0 Å². The Morgan fingerprint density at radius 1 is 1.40 bits per heavy atom. The highest BCUT2D eigenvalue weighted by molar-refractivity contribution is 7.89. The monoisotopic (exact) mass is 305 g/mol. The van der Waals surface area contributed by atoms with Crippen molar-refractivity contribution in [2.75, 3.05) is 19.5 Å². The number of hydrogen-bond acceptors (Lipinski definition) is 4. The summed E-state index contributed by atoms with van der Waals surface area (Å²) in [6.45, 7) is 6.90. The maximum absolute atomic E-state index is 12.2. The zero-order valence-corrected chi connectivity index (χ0v) is 13.7. The molecule has 1 heterocycles. The zero-order valence-electron chi connectivity index (χ0n) is 12.9. The molecule has 0 spiro atoms. The fraction of sp³-hybridized carbons (Fsp3) is 1.00. The smallest absolute Gasteiger partial charge is 0.211 e. The van der Waals surface area contributed by atoms with E-state index in [9.17, 15) is 8.42 Å². The molecule has 2 aliphatic rings. The molecule has 2 fully saturated rings. The average molecular weight is 305 g/mol. The van der Waals surface area contributed by atoms with Gasteiger partial charge in [-0.05, 0) is 25.2 Å². The van der Waals surface area contributed by atoms with Crippen molar-refractivity contribution in [3.63, 3.8) is 0 Å². The SMILES string of the molecule is CO[C@@H]1[C@H](C)[C@@H](NS(=O)(=O)CC[C@H]2CCCO2)C1(C)C. The van der Waals surface area contributed by atoms with Crippen molar-refractivity contribution in [2.24, 2.45) is 11.3 Å². The Kier molecular flexibility index (Phi) is 4.79. The van der Waals surface area contributed by atoms with E-state index in [-0.39, 0.29) is 35.3 Å². The summed E-state index contributed by atoms with van der Waals surface area (Å²) < 4.78 is 38.2. The van der Waals surface area contributed by atoms with E-state index in [1.54, 1.807) is 7.11 Å². The molecule has 0 aromatic carbocycles. The van der Waals surface area contributed by atoms with Gasteiger partial charge in [0.2, 0.25) is 10.0 Å². The Morgan fingerprint density at radius 3 is 2.60 bits per heavy atom. The minimum atomic E-state index is -3.25. The summed E-state index contributed by atoms with van der Waals surface area (Å²) in [5.74, 6) is 0.349. The predicted octanol–water partition coefficient (Wildman–Crippen LogP) is 1.53. The van der Waals surface area contributed by atoms with E-state index < -0.39 is 10.0 Å². The van der Waals surface area contributed by atoms with Crippen LogP contribution in [0.25, 0.3) is 0 Å². The molecule has 2 rings (SSSR count). The average Bonchev–Trinajstić information content (AvgIpc) is 2.87. The molecule has 118 valence electrons. The van der Waals surface area contributed by atoms with Gasteiger partial charge in [-0.1, -0.05) is 20.8 Å². The minimum absolute atomic E-state index is 0.0538. The summed E-state index contributed by atoms with van der Waals surface area (Å²) in [6, 6.07) is -0.0538. The fourth-order valence-electron chi connectivity index (χ4n) is 3.78. The summed E-state index contributed by atoms with van der Waals surface area (Å²) in [5.41, 5.74) is -0.162. The van der Waals surface area contributed by atoms with Crippen LogP contribution in [-0.4, -0.2) is 46.1 Å². The lowest BCUT2D eigenvalue weighted by Crippen LogP contribution is -2.68. The molecule has 1 aliphatic carbocycles. The molecule has 1 aliphatic heterocycles. The summed E-state index contributed by atoms with van der Waals surface area (Å²) in [4.78, 5) is 0. The molecule has 20 heavy (non-hydrogen) atoms. The normalized spacial score (nSPS) is 36.8. The van der Waals surface area contributed by atoms with E-state index in [2.05, 4.69) is 18.6 Å². The van der Waals surface area contributed by atoms with Gasteiger partial charge in [0.15, 0.2) is 0 Å². The second kappa shape index (κ2) is 5.91. The van der Waals surface area contributed by atoms with Gasteiger partial charge >= 0.3 is 0 Å². The van der Waals surface area contributed by atoms with Crippen LogP contribution in [0.5, 0.6) is 0 Å². The van der Waals surface area contributed by atoms with Crippen LogP contribution in [0.4, 0.5) is 0 Å². The summed E-state index contributed by atoms with van der Waals surface area (Å²) in [6.07, 6.45) is 2.83. The van der Waals surface area contributed by atoms with E-state index in [1.807, 2.05) is 6.92 Å². The van der Waals surface area contributed by atoms with Crippen LogP contribution in [0.1, 0.15) is 40.0 Å². The molecule has 6 heteroatoms. The molecule has 5 nitrogen and oxygen atoms in total. The molecule has 0 aromatic rings. The van der Waals surface area contributed by atoms with E-state index in [0.717, 1.165) is 19.4 Å². The van der Waals surface area contributed by atoms with Crippen LogP contribution in [0.2, 0.25) is 0 Å². The first-order valence-electron chi connectivity index (χ1n) is 7.42. The van der Waals surface area contributed by atoms with Crippen LogP contribution in [0.15, 0.2) is 0 Å². The molecule has 4 atom stereocenters. The van der Waals surface area contributed by atoms with Crippen molar-refractivity contribution in [1.29, 1.82) is 0 Å². The van der Waals surface area contributed by atoms with Crippen molar-refractivity contribution in [3.05, 3.63) is 0 Å². The lowest BCUT2D eigenvalue weighted by Gasteiger charge is -2.56. The van der Waals surface area contributed by atoms with E-state index >= 15 is 0 Å². The highest BCUT2D eigenvalue weighted by Crippen LogP contribution is 2.47. The molecule has 1 saturated carbocycles. The molecular formula is C14H27NO4S. The van der Waals surface area contributed by atoms with Gasteiger partial charge < -0.3 is 9.47 Å². The van der Waals surface area contributed by atoms with E-state index in [4.69, 9.17) is 9.47 Å². The predicted molar refractivity (Wildman–Crippen MR) is 78.0 cm³/mol. The molecule has 1 N–H and O–H groups in total. The third-order valence-electron chi connectivity index (χ3n) is 4.83. The number of sulfonamides is 1. The van der Waals surface area contributed by atoms with Crippen molar-refractivity contribution in [2.45, 2.75) is 58.3 Å². The second-order valence-electron chi connectivity index (χ2n) is 6.67. The number of ether oxygens (including phenoxy) is 2. The first-order chi connectivity index (χ1) is 9.28. The van der Waals surface area contributed by atoms with Gasteiger partial charge in [0.05, 0.1) is 18.0 Å². The van der Waals surface area contributed by atoms with Crippen LogP contribution < -0.4 is 4.72 Å². The minimum Gasteiger partial charge on any atom is -0.380 e. The number of hydrogen-bond donors (Lipinski definition) is 1. The molecule has 0 bridgehead atoms. The van der Waals surface area contributed by atoms with E-state index in [0.29, 0.717) is 6.42 Å². The number of nitrogens with one attached hydrogen (secondary N) is 1. The molecule has 0 amide bonds. The van der Waals surface area contributed by atoms with Crippen LogP contribution >= 0.6 is 0 Å². The first-order valence-corrected chi connectivity index (χ1v) is 9.07. The van der Waals surface area contributed by atoms with Crippen LogP contribution in [-0.2, 0) is 19.5 Å². The Bertz CT molecular complexity index is 428. The molecular weight excluding hydrogens is 278 g/mol. The maximum Gasteiger partial charge on any atom is 0.211 e. The van der Waals surface area contributed by atoms with Gasteiger partial charge in [-0.25, -0.2) is 13.1 Å². The van der Waals surface area contributed by atoms with Gasteiger partial charge in [-0.15, -0.1) is 0 Å². The van der Waals surface area contributed by atoms with Crippen molar-refractivity contribution in [1.82, 2.24) is 4.72 Å². The Labute approximate surface area is 122 Å². The number of methoxy groups -OCH3 is 1. The Morgan fingerprint density at radius 2 is 2.10 bits per heavy atom. The van der Waals surface area contributed by atoms with Gasteiger partial charge in [0.1, 0.15) is 0 Å². The van der Waals surface area contributed by atoms with Crippen LogP contribution in [0, 0.1) is 11.3 Å². The molecule has 1 saturated heterocycles. The highest BCUT2D eigenvalue weighted by atomic mass is 32.2. The van der Waals surface area contributed by atoms with Gasteiger partial charge in [-0.3, -0.25) is 0 Å². The second-order valence-corrected chi connectivity index (χ2v) is 8.55. The van der Waals surface area contributed by atoms with E-state index in [1.165, 1.54) is 0 Å². The van der Waals surface area contributed by atoms with Gasteiger partial charge in [0.25, 0.3) is 0 Å². The summed E-state index contributed by atoms with van der Waals surface area (Å²) >= 11 is 0. The molecule has 0 unspecified atom stereocenters. The fourth-order valence-corrected chi connectivity index (χ4v) is 5.37. The van der Waals surface area contributed by atoms with Crippen LogP contribution in [0.3, 0.4) is 0 Å². The number of rotatable bonds is 6. The first kappa shape index (κ1) is 16.2. The lowest BCUT2D eigenvalue weighted by molar-refractivity contribution is -0.138. The Balaban J connectivity index is 1.88. The van der Waals surface area contributed by atoms with Crippen molar-refractivity contribution in [3.8, 4) is 0 Å². The molecule has 0 radical (unpaired) electrons. The van der Waals surface area contributed by atoms with Crippen molar-refractivity contribution < 1.29 is 17.9 Å². The molecule has 0 aromatic heterocycles. The lowest BCUT2D eigenvalue weighted by atomic mass is 9.58. The maximum atomic E-state index is 12.2. The summed E-state index contributed by atoms with van der Waals surface area (Å²) in [7, 11) is -1.56. The van der Waals surface area contributed by atoms with Crippen molar-refractivity contribution >= 4 is 10.0 Å². The third kappa shape index (κ3) is 3.18. The third-order valence-corrected chi connectivity index (χ3v) is 6.22.